The van der Waals surface area contributed by atoms with Gasteiger partial charge in [-0.2, -0.15) is 10.4 Å². The molecule has 1 aliphatic heterocycles. The van der Waals surface area contributed by atoms with E-state index in [9.17, 15) is 10.1 Å². The molecule has 2 fully saturated rings. The minimum absolute atomic E-state index is 0.0345. The fraction of sp³-hybridized carbons (Fsp3) is 0.441. The third-order valence-electron chi connectivity index (χ3n) is 9.50. The van der Waals surface area contributed by atoms with Gasteiger partial charge in [-0.25, -0.2) is 19.9 Å². The molecule has 2 N–H and O–H groups in total. The minimum Gasteiger partial charge on any atom is -0.354 e. The Hall–Kier alpha value is -5.23. The fourth-order valence-electron chi connectivity index (χ4n) is 6.93. The number of hydrogen-bond donors (Lipinski definition) is 2. The Balaban J connectivity index is 0.000000162. The van der Waals surface area contributed by atoms with E-state index in [1.165, 1.54) is 25.7 Å². The van der Waals surface area contributed by atoms with Gasteiger partial charge in [0.2, 0.25) is 5.91 Å². The van der Waals surface area contributed by atoms with Crippen LogP contribution in [0.5, 0.6) is 0 Å². The number of amides is 1. The van der Waals surface area contributed by atoms with Crippen molar-refractivity contribution < 1.29 is 4.79 Å². The lowest BCUT2D eigenvalue weighted by atomic mass is 9.92. The van der Waals surface area contributed by atoms with Crippen molar-refractivity contribution in [1.29, 1.82) is 5.26 Å². The molecule has 12 nitrogen and oxygen atoms in total. The van der Waals surface area contributed by atoms with Gasteiger partial charge in [-0.05, 0) is 43.2 Å². The van der Waals surface area contributed by atoms with Crippen LogP contribution in [0.25, 0.3) is 33.3 Å². The van der Waals surface area contributed by atoms with Crippen LogP contribution in [0.2, 0.25) is 0 Å². The molecule has 5 aromatic rings. The molecule has 0 unspecified atom stereocenters. The summed E-state index contributed by atoms with van der Waals surface area (Å²) >= 11 is 0. The monoisotopic (exact) mass is 617 g/mol. The molecule has 1 saturated heterocycles. The number of terminal acetylenes is 1. The van der Waals surface area contributed by atoms with E-state index >= 15 is 0 Å². The van der Waals surface area contributed by atoms with Gasteiger partial charge in [-0.15, -0.1) is 6.42 Å². The highest BCUT2D eigenvalue weighted by Crippen LogP contribution is 2.37. The second-order valence-electron chi connectivity index (χ2n) is 12.2. The highest BCUT2D eigenvalue weighted by Gasteiger charge is 2.32. The number of carbonyl (C=O) groups is 1. The van der Waals surface area contributed by atoms with E-state index in [-0.39, 0.29) is 24.4 Å². The van der Waals surface area contributed by atoms with Gasteiger partial charge in [0.25, 0.3) is 0 Å². The minimum atomic E-state index is 0.0345. The first-order chi connectivity index (χ1) is 22.5. The lowest BCUT2D eigenvalue weighted by Gasteiger charge is -2.42. The molecule has 1 aliphatic carbocycles. The van der Waals surface area contributed by atoms with E-state index in [1.54, 1.807) is 12.7 Å². The second-order valence-corrected chi connectivity index (χ2v) is 12.2. The van der Waals surface area contributed by atoms with Crippen molar-refractivity contribution in [2.75, 3.05) is 25.0 Å². The van der Waals surface area contributed by atoms with E-state index < -0.39 is 0 Å². The number of likely N-dealkylation sites (N-methyl/N-ethyl adjacent to an activating group) is 1. The van der Waals surface area contributed by atoms with Crippen molar-refractivity contribution in [2.45, 2.75) is 64.0 Å². The van der Waals surface area contributed by atoms with Crippen molar-refractivity contribution in [3.8, 4) is 29.7 Å². The van der Waals surface area contributed by atoms with Crippen LogP contribution in [0.4, 0.5) is 5.82 Å². The van der Waals surface area contributed by atoms with Gasteiger partial charge in [0, 0.05) is 49.7 Å². The van der Waals surface area contributed by atoms with Crippen molar-refractivity contribution in [3.63, 3.8) is 0 Å². The Morgan fingerprint density at radius 2 is 1.80 bits per heavy atom. The lowest BCUT2D eigenvalue weighted by Crippen LogP contribution is -2.52. The van der Waals surface area contributed by atoms with Gasteiger partial charge in [0.05, 0.1) is 48.3 Å². The van der Waals surface area contributed by atoms with Crippen LogP contribution in [0.1, 0.15) is 57.9 Å². The number of rotatable bonds is 7. The number of nitrogens with zero attached hydrogens (tertiary/aromatic N) is 9. The first-order valence-electron chi connectivity index (χ1n) is 15.9. The summed E-state index contributed by atoms with van der Waals surface area (Å²) in [7, 11) is 2.03. The Kier molecular flexibility index (Phi) is 9.25. The summed E-state index contributed by atoms with van der Waals surface area (Å²) in [6.45, 7) is 3.67. The Morgan fingerprint density at radius 1 is 1.09 bits per heavy atom. The summed E-state index contributed by atoms with van der Waals surface area (Å²) in [5, 5.41) is 15.7. The van der Waals surface area contributed by atoms with Crippen molar-refractivity contribution in [1.82, 2.24) is 44.6 Å². The molecule has 0 bridgehead atoms. The summed E-state index contributed by atoms with van der Waals surface area (Å²) < 4.78 is 1.97. The van der Waals surface area contributed by atoms with E-state index in [4.69, 9.17) is 6.42 Å². The zero-order valence-corrected chi connectivity index (χ0v) is 26.3. The number of fused-ring (bicyclic) bond motifs is 2. The number of nitriles is 1. The number of piperidine rings is 1. The van der Waals surface area contributed by atoms with Gasteiger partial charge in [-0.3, -0.25) is 9.48 Å². The number of H-pyrrole nitrogens is 2. The summed E-state index contributed by atoms with van der Waals surface area (Å²) in [6, 6.07) is 6.66. The molecule has 3 atom stereocenters. The van der Waals surface area contributed by atoms with Crippen LogP contribution >= 0.6 is 0 Å². The molecule has 236 valence electrons. The van der Waals surface area contributed by atoms with Crippen LogP contribution in [-0.2, 0) is 4.79 Å². The van der Waals surface area contributed by atoms with Crippen LogP contribution in [0.3, 0.4) is 0 Å². The van der Waals surface area contributed by atoms with Gasteiger partial charge in [0.1, 0.15) is 29.8 Å². The van der Waals surface area contributed by atoms with Crippen molar-refractivity contribution in [2.24, 2.45) is 11.8 Å². The molecule has 6 heterocycles. The van der Waals surface area contributed by atoms with E-state index in [0.717, 1.165) is 52.1 Å². The molecule has 46 heavy (non-hydrogen) atoms. The third-order valence-corrected chi connectivity index (χ3v) is 9.50. The maximum Gasteiger partial charge on any atom is 0.234 e. The average Bonchev–Trinajstić information content (AvgIpc) is 3.91. The molecule has 0 aromatic carbocycles. The first kappa shape index (κ1) is 30.8. The van der Waals surface area contributed by atoms with Crippen molar-refractivity contribution in [3.05, 3.63) is 49.6 Å². The first-order valence-corrected chi connectivity index (χ1v) is 15.9. The number of aromatic amines is 2. The molecule has 0 spiro atoms. The van der Waals surface area contributed by atoms with E-state index in [1.807, 2.05) is 53.5 Å². The normalized spacial score (nSPS) is 18.9. The number of carbonyl (C=O) groups excluding carboxylic acids is 1. The Morgan fingerprint density at radius 3 is 2.54 bits per heavy atom. The molecular weight excluding hydrogens is 578 g/mol. The summed E-state index contributed by atoms with van der Waals surface area (Å²) in [5.74, 6) is 4.39. The molecule has 12 heteroatoms. The molecule has 0 radical (unpaired) electrons. The average molecular weight is 618 g/mol. The number of likely N-dealkylation sites (tertiary alicyclic amines) is 1. The molecule has 1 amide bonds. The van der Waals surface area contributed by atoms with Gasteiger partial charge < -0.3 is 19.8 Å². The van der Waals surface area contributed by atoms with Crippen LogP contribution in [-0.4, -0.2) is 76.7 Å². The zero-order valence-electron chi connectivity index (χ0n) is 26.3. The SMILES string of the molecule is C#CCC(=O)N1CC[C@@H](C)[C@@H](N(C)c2ncnc3[nH]ccc23)C1.N#CC[C@H](C1CCCC1)n1cc(-c2ncnc3[nH]ccc23)cn1. The summed E-state index contributed by atoms with van der Waals surface area (Å²) in [4.78, 5) is 39.7. The van der Waals surface area contributed by atoms with Gasteiger partial charge in [0.15, 0.2) is 0 Å². The number of anilines is 1. The molecular formula is C34H39N11O. The van der Waals surface area contributed by atoms with Crippen molar-refractivity contribution >= 4 is 33.8 Å². The van der Waals surface area contributed by atoms with Crippen LogP contribution < -0.4 is 4.90 Å². The second kappa shape index (κ2) is 13.8. The molecule has 7 rings (SSSR count). The summed E-state index contributed by atoms with van der Waals surface area (Å²) in [6.07, 6.45) is 22.5. The highest BCUT2D eigenvalue weighted by molar-refractivity contribution is 5.90. The molecule has 1 saturated carbocycles. The number of nitrogens with one attached hydrogen (secondary N) is 2. The zero-order chi connectivity index (χ0) is 32.0. The maximum atomic E-state index is 12.1. The number of aromatic nitrogens is 8. The maximum absolute atomic E-state index is 12.1. The molecule has 5 aromatic heterocycles. The summed E-state index contributed by atoms with van der Waals surface area (Å²) in [5.41, 5.74) is 3.50. The highest BCUT2D eigenvalue weighted by atomic mass is 16.2. The van der Waals surface area contributed by atoms with Crippen LogP contribution in [0.15, 0.2) is 49.6 Å². The Labute approximate surface area is 268 Å². The number of hydrogen-bond acceptors (Lipinski definition) is 8. The van der Waals surface area contributed by atoms with Gasteiger partial charge in [-0.1, -0.05) is 25.7 Å². The largest absolute Gasteiger partial charge is 0.354 e. The van der Waals surface area contributed by atoms with E-state index in [2.05, 4.69) is 58.8 Å². The lowest BCUT2D eigenvalue weighted by molar-refractivity contribution is -0.131. The topological polar surface area (TPSA) is 148 Å². The van der Waals surface area contributed by atoms with E-state index in [0.29, 0.717) is 24.8 Å². The standard InChI is InChI=1S/C17H18N6.C17H21N5O/c18-7-5-15(12-3-1-2-4-12)23-10-13(9-22-23)16-14-6-8-19-17(14)21-11-20-16;1-4-5-15(23)22-9-7-12(2)14(10-22)21(3)17-13-6-8-18-16(13)19-11-20-17/h6,8-12,15H,1-5H2,(H,19,20,21);1,6,8,11-12,14H,5,7,9-10H2,2-3H3,(H,18,19,20)/t15-;12-,14+/m11/s1. The molecule has 2 aliphatic rings. The quantitative estimate of drug-likeness (QED) is 0.239. The fourth-order valence-corrected chi connectivity index (χ4v) is 6.93. The smallest absolute Gasteiger partial charge is 0.234 e. The van der Waals surface area contributed by atoms with Gasteiger partial charge >= 0.3 is 0 Å². The predicted octanol–water partition coefficient (Wildman–Crippen LogP) is 5.12. The Bertz CT molecular complexity index is 1870. The predicted molar refractivity (Wildman–Crippen MR) is 176 cm³/mol. The third kappa shape index (κ3) is 6.29. The van der Waals surface area contributed by atoms with Crippen LogP contribution in [0, 0.1) is 35.5 Å².